The minimum Gasteiger partial charge on any atom is -0.126 e. The zero-order valence-electron chi connectivity index (χ0n) is 10.5. The Morgan fingerprint density at radius 3 is 1.95 bits per heavy atom. The second kappa shape index (κ2) is 6.96. The first kappa shape index (κ1) is 15.1. The predicted octanol–water partition coefficient (Wildman–Crippen LogP) is 5.25. The second-order valence-corrected chi connectivity index (χ2v) is 6.50. The third-order valence-corrected chi connectivity index (χ3v) is 5.10. The summed E-state index contributed by atoms with van der Waals surface area (Å²) in [4.78, 5) is 0. The molecule has 0 fully saturated rings. The van der Waals surface area contributed by atoms with Gasteiger partial charge in [0.15, 0.2) is 0 Å². The van der Waals surface area contributed by atoms with E-state index in [9.17, 15) is 0 Å². The van der Waals surface area contributed by atoms with Crippen LogP contribution in [0.25, 0.3) is 0 Å². The third kappa shape index (κ3) is 3.65. The van der Waals surface area contributed by atoms with Gasteiger partial charge in [-0.2, -0.15) is 0 Å². The van der Waals surface area contributed by atoms with Crippen LogP contribution in [0.2, 0.25) is 0 Å². The Labute approximate surface area is 138 Å². The Bertz CT molecular complexity index is 504. The van der Waals surface area contributed by atoms with Crippen molar-refractivity contribution in [2.24, 2.45) is 0 Å². The molecule has 0 bridgehead atoms. The fourth-order valence-electron chi connectivity index (χ4n) is 2.17. The van der Waals surface area contributed by atoms with E-state index in [-0.39, 0.29) is 5.41 Å². The molecular weight excluding hydrogens is 390 g/mol. The first-order valence-corrected chi connectivity index (χ1v) is 8.27. The summed E-state index contributed by atoms with van der Waals surface area (Å²) < 4.78 is 1.24. The van der Waals surface area contributed by atoms with Crippen molar-refractivity contribution in [3.8, 4) is 0 Å². The smallest absolute Gasteiger partial charge is 0.0335 e. The van der Waals surface area contributed by atoms with Crippen molar-refractivity contribution in [2.45, 2.75) is 11.8 Å². The molecular formula is C16H15Cl2I. The lowest BCUT2D eigenvalue weighted by atomic mass is 9.79. The van der Waals surface area contributed by atoms with Crippen LogP contribution in [0.15, 0.2) is 54.6 Å². The number of hydrogen-bond acceptors (Lipinski definition) is 0. The van der Waals surface area contributed by atoms with E-state index in [2.05, 4.69) is 59.0 Å². The summed E-state index contributed by atoms with van der Waals surface area (Å²) in [6, 6.07) is 18.9. The molecule has 0 aliphatic carbocycles. The maximum atomic E-state index is 6.25. The second-order valence-electron chi connectivity index (χ2n) is 4.72. The van der Waals surface area contributed by atoms with E-state index in [1.54, 1.807) is 0 Å². The molecule has 0 N–H and O–H groups in total. The lowest BCUT2D eigenvalue weighted by Gasteiger charge is -2.30. The van der Waals surface area contributed by atoms with Crippen molar-refractivity contribution in [1.29, 1.82) is 0 Å². The van der Waals surface area contributed by atoms with Gasteiger partial charge in [-0.15, -0.1) is 23.2 Å². The third-order valence-electron chi connectivity index (χ3n) is 3.35. The molecule has 0 unspecified atom stereocenters. The Morgan fingerprint density at radius 2 is 1.42 bits per heavy atom. The molecule has 0 amide bonds. The van der Waals surface area contributed by atoms with Gasteiger partial charge in [0.05, 0.1) is 0 Å². The van der Waals surface area contributed by atoms with Gasteiger partial charge in [-0.3, -0.25) is 0 Å². The van der Waals surface area contributed by atoms with Crippen LogP contribution in [0.5, 0.6) is 0 Å². The van der Waals surface area contributed by atoms with Crippen LogP contribution >= 0.6 is 45.8 Å². The molecule has 2 aromatic rings. The minimum atomic E-state index is -0.197. The van der Waals surface area contributed by atoms with E-state index in [0.717, 1.165) is 6.42 Å². The summed E-state index contributed by atoms with van der Waals surface area (Å²) in [5.41, 5.74) is 2.28. The van der Waals surface area contributed by atoms with Gasteiger partial charge in [0.1, 0.15) is 0 Å². The average molecular weight is 405 g/mol. The van der Waals surface area contributed by atoms with Gasteiger partial charge >= 0.3 is 0 Å². The molecule has 0 atom stereocenters. The molecule has 19 heavy (non-hydrogen) atoms. The molecule has 0 saturated carbocycles. The Hall–Kier alpha value is -0.250. The molecule has 0 radical (unpaired) electrons. The maximum Gasteiger partial charge on any atom is 0.0335 e. The molecule has 2 rings (SSSR count). The maximum absolute atomic E-state index is 6.25. The highest BCUT2D eigenvalue weighted by Gasteiger charge is 2.30. The van der Waals surface area contributed by atoms with Crippen molar-refractivity contribution < 1.29 is 0 Å². The molecule has 3 heteroatoms. The van der Waals surface area contributed by atoms with E-state index < -0.39 is 0 Å². The largest absolute Gasteiger partial charge is 0.126 e. The van der Waals surface area contributed by atoms with Gasteiger partial charge < -0.3 is 0 Å². The predicted molar refractivity (Wildman–Crippen MR) is 92.4 cm³/mol. The zero-order valence-corrected chi connectivity index (χ0v) is 14.1. The lowest BCUT2D eigenvalue weighted by Crippen LogP contribution is -2.33. The summed E-state index contributed by atoms with van der Waals surface area (Å²) in [6.45, 7) is 0. The highest BCUT2D eigenvalue weighted by Crippen LogP contribution is 2.31. The van der Waals surface area contributed by atoms with E-state index >= 15 is 0 Å². The molecule has 100 valence electrons. The van der Waals surface area contributed by atoms with Crippen molar-refractivity contribution in [3.05, 3.63) is 69.3 Å². The molecule has 0 nitrogen and oxygen atoms in total. The van der Waals surface area contributed by atoms with Gasteiger partial charge in [0, 0.05) is 20.7 Å². The highest BCUT2D eigenvalue weighted by molar-refractivity contribution is 14.1. The fourth-order valence-corrected chi connectivity index (χ4v) is 3.31. The topological polar surface area (TPSA) is 0 Å². The molecule has 0 spiro atoms. The van der Waals surface area contributed by atoms with Crippen LogP contribution in [-0.4, -0.2) is 11.8 Å². The van der Waals surface area contributed by atoms with E-state index in [0.29, 0.717) is 11.8 Å². The number of benzene rings is 2. The number of rotatable bonds is 5. The van der Waals surface area contributed by atoms with Gasteiger partial charge in [-0.1, -0.05) is 42.5 Å². The van der Waals surface area contributed by atoms with Crippen molar-refractivity contribution in [3.63, 3.8) is 0 Å². The average Bonchev–Trinajstić information content (AvgIpc) is 2.48. The minimum absolute atomic E-state index is 0.197. The number of alkyl halides is 2. The van der Waals surface area contributed by atoms with Crippen LogP contribution < -0.4 is 0 Å². The van der Waals surface area contributed by atoms with E-state index in [4.69, 9.17) is 23.2 Å². The monoisotopic (exact) mass is 404 g/mol. The normalized spacial score (nSPS) is 11.5. The Morgan fingerprint density at radius 1 is 0.842 bits per heavy atom. The number of hydrogen-bond donors (Lipinski definition) is 0. The SMILES string of the molecule is ClCC(CCl)(Cc1ccc(I)cc1)c1ccccc1. The first-order chi connectivity index (χ1) is 9.20. The van der Waals surface area contributed by atoms with Gasteiger partial charge in [0.2, 0.25) is 0 Å². The summed E-state index contributed by atoms with van der Waals surface area (Å²) in [6.07, 6.45) is 0.862. The van der Waals surface area contributed by atoms with E-state index in [1.165, 1.54) is 14.7 Å². The van der Waals surface area contributed by atoms with Crippen LogP contribution in [0.1, 0.15) is 11.1 Å². The van der Waals surface area contributed by atoms with Crippen molar-refractivity contribution in [1.82, 2.24) is 0 Å². The Balaban J connectivity index is 2.32. The summed E-state index contributed by atoms with van der Waals surface area (Å²) in [5, 5.41) is 0. The first-order valence-electron chi connectivity index (χ1n) is 6.12. The van der Waals surface area contributed by atoms with Gasteiger partial charge in [0.25, 0.3) is 0 Å². The summed E-state index contributed by atoms with van der Waals surface area (Å²) in [5.74, 6) is 1.04. The van der Waals surface area contributed by atoms with Crippen molar-refractivity contribution >= 4 is 45.8 Å². The highest BCUT2D eigenvalue weighted by atomic mass is 127. The van der Waals surface area contributed by atoms with Gasteiger partial charge in [-0.25, -0.2) is 0 Å². The summed E-state index contributed by atoms with van der Waals surface area (Å²) >= 11 is 14.8. The Kier molecular flexibility index (Phi) is 5.55. The quantitative estimate of drug-likeness (QED) is 0.471. The van der Waals surface area contributed by atoms with Gasteiger partial charge in [-0.05, 0) is 52.3 Å². The number of halogens is 3. The molecule has 0 aromatic heterocycles. The van der Waals surface area contributed by atoms with Crippen molar-refractivity contribution in [2.75, 3.05) is 11.8 Å². The molecule has 0 aliphatic heterocycles. The van der Waals surface area contributed by atoms with Crippen LogP contribution in [0.3, 0.4) is 0 Å². The van der Waals surface area contributed by atoms with Crippen LogP contribution in [0.4, 0.5) is 0 Å². The standard InChI is InChI=1S/C16H15Cl2I/c17-11-16(12-18,14-4-2-1-3-5-14)10-13-6-8-15(19)9-7-13/h1-9H,10-12H2. The molecule has 0 saturated heterocycles. The zero-order chi connectivity index (χ0) is 13.7. The molecule has 2 aromatic carbocycles. The summed E-state index contributed by atoms with van der Waals surface area (Å²) in [7, 11) is 0. The van der Waals surface area contributed by atoms with Crippen LogP contribution in [0, 0.1) is 3.57 Å². The molecule has 0 aliphatic rings. The van der Waals surface area contributed by atoms with Crippen LogP contribution in [-0.2, 0) is 11.8 Å². The lowest BCUT2D eigenvalue weighted by molar-refractivity contribution is 0.536. The fraction of sp³-hybridized carbons (Fsp3) is 0.250. The molecule has 0 heterocycles. The van der Waals surface area contributed by atoms with E-state index in [1.807, 2.05) is 18.2 Å².